The molecule has 0 spiro atoms. The number of benzene rings is 1. The van der Waals surface area contributed by atoms with Gasteiger partial charge in [-0.2, -0.15) is 0 Å². The fourth-order valence-corrected chi connectivity index (χ4v) is 11.3. The number of hydrogen-bond donors (Lipinski definition) is 1. The molecule has 1 N–H and O–H groups in total. The second-order valence-electron chi connectivity index (χ2n) is 8.15. The van der Waals surface area contributed by atoms with Crippen molar-refractivity contribution in [2.24, 2.45) is 0 Å². The molecule has 0 bridgehead atoms. The van der Waals surface area contributed by atoms with Crippen LogP contribution in [0.2, 0.25) is 0 Å². The predicted octanol–water partition coefficient (Wildman–Crippen LogP) is 6.34. The number of hydrogen-bond acceptors (Lipinski definition) is 8. The van der Waals surface area contributed by atoms with Crippen LogP contribution in [0.3, 0.4) is 0 Å². The average Bonchev–Trinajstić information content (AvgIpc) is 2.82. The van der Waals surface area contributed by atoms with Crippen LogP contribution >= 0.6 is 26.8 Å². The van der Waals surface area contributed by atoms with E-state index in [0.717, 1.165) is 5.56 Å². The summed E-state index contributed by atoms with van der Waals surface area (Å²) in [7, 11) is -4.37. The van der Waals surface area contributed by atoms with E-state index in [1.165, 1.54) is 0 Å². The van der Waals surface area contributed by atoms with Crippen LogP contribution in [-0.4, -0.2) is 68.8 Å². The third-order valence-corrected chi connectivity index (χ3v) is 12.9. The Kier molecular flexibility index (Phi) is 15.5. The van der Waals surface area contributed by atoms with Crippen LogP contribution in [0.4, 0.5) is 0 Å². The minimum atomic E-state index is -4.07. The third kappa shape index (κ3) is 8.10. The summed E-state index contributed by atoms with van der Waals surface area (Å²) in [5.74, 6) is 0.258. The first-order valence-corrected chi connectivity index (χ1v) is 16.1. The van der Waals surface area contributed by atoms with Crippen LogP contribution in [-0.2, 0) is 33.8 Å². The maximum Gasteiger partial charge on any atom is 0.350 e. The summed E-state index contributed by atoms with van der Waals surface area (Å²) in [6.07, 6.45) is 1.19. The summed E-state index contributed by atoms with van der Waals surface area (Å²) in [5, 5.41) is 3.13. The average molecular weight is 555 g/mol. The molecular weight excluding hydrogens is 510 g/mol. The van der Waals surface area contributed by atoms with Gasteiger partial charge in [0.05, 0.1) is 26.4 Å². The Balaban J connectivity index is 3.92. The molecule has 0 aliphatic carbocycles. The lowest BCUT2D eigenvalue weighted by molar-refractivity contribution is 0.122. The first-order valence-electron chi connectivity index (χ1n) is 12.5. The minimum Gasteiger partial charge on any atom is -0.320 e. The van der Waals surface area contributed by atoms with Crippen LogP contribution in [0, 0.1) is 0 Å². The maximum atomic E-state index is 14.8. The zero-order valence-corrected chi connectivity index (χ0v) is 24.7. The molecule has 1 atom stereocenters. The Bertz CT molecular complexity index is 751. The lowest BCUT2D eigenvalue weighted by Crippen LogP contribution is -2.52. The SMILES string of the molecule is CCOP(=O)(OCC)C(CCCNC)(C(CCCl)N(C)Cc1ccccc1)P(=O)(OCC)OCC. The van der Waals surface area contributed by atoms with Crippen molar-refractivity contribution in [3.8, 4) is 0 Å². The van der Waals surface area contributed by atoms with Crippen LogP contribution in [0.1, 0.15) is 52.5 Å². The maximum absolute atomic E-state index is 14.8. The van der Waals surface area contributed by atoms with Crippen molar-refractivity contribution in [3.63, 3.8) is 0 Å². The molecule has 0 saturated heterocycles. The molecule has 11 heteroatoms. The molecule has 0 radical (unpaired) electrons. The Labute approximate surface area is 217 Å². The molecule has 0 fully saturated rings. The Morgan fingerprint density at radius 2 is 1.43 bits per heavy atom. The van der Waals surface area contributed by atoms with E-state index in [9.17, 15) is 9.13 Å². The van der Waals surface area contributed by atoms with Crippen molar-refractivity contribution in [1.29, 1.82) is 0 Å². The van der Waals surface area contributed by atoms with Crippen molar-refractivity contribution < 1.29 is 27.2 Å². The highest BCUT2D eigenvalue weighted by Crippen LogP contribution is 2.81. The first-order chi connectivity index (χ1) is 16.8. The van der Waals surface area contributed by atoms with Gasteiger partial charge in [-0.1, -0.05) is 30.3 Å². The standard InChI is InChI=1S/C24H45ClN2O6P2/c1-7-30-34(28,31-8-2)24(18-14-20-26-5,35(29,32-9-3)33-10-4)23(17-19-25)27(6)21-22-15-12-11-13-16-22/h11-13,15-16,23,26H,7-10,14,17-21H2,1-6H3. The van der Waals surface area contributed by atoms with E-state index in [0.29, 0.717) is 25.9 Å². The molecule has 8 nitrogen and oxygen atoms in total. The van der Waals surface area contributed by atoms with Gasteiger partial charge in [-0.05, 0) is 73.2 Å². The van der Waals surface area contributed by atoms with Gasteiger partial charge in [0.15, 0.2) is 4.90 Å². The van der Waals surface area contributed by atoms with E-state index >= 15 is 0 Å². The van der Waals surface area contributed by atoms with Gasteiger partial charge < -0.3 is 23.4 Å². The molecule has 0 amide bonds. The van der Waals surface area contributed by atoms with Crippen molar-refractivity contribution >= 4 is 26.8 Å². The summed E-state index contributed by atoms with van der Waals surface area (Å²) < 4.78 is 53.4. The summed E-state index contributed by atoms with van der Waals surface area (Å²) in [4.78, 5) is 0.444. The van der Waals surface area contributed by atoms with Crippen LogP contribution < -0.4 is 5.32 Å². The van der Waals surface area contributed by atoms with Crippen LogP contribution in [0.25, 0.3) is 0 Å². The fraction of sp³-hybridized carbons (Fsp3) is 0.750. The molecule has 0 saturated carbocycles. The highest BCUT2D eigenvalue weighted by molar-refractivity contribution is 7.74. The second-order valence-corrected chi connectivity index (χ2v) is 13.5. The fourth-order valence-electron chi connectivity index (χ4n) is 4.57. The largest absolute Gasteiger partial charge is 0.350 e. The molecule has 1 aromatic rings. The number of halogens is 1. The Morgan fingerprint density at radius 3 is 1.83 bits per heavy atom. The molecular formula is C24H45ClN2O6P2. The van der Waals surface area contributed by atoms with Crippen molar-refractivity contribution in [1.82, 2.24) is 10.2 Å². The summed E-state index contributed by atoms with van der Waals surface area (Å²) in [5.41, 5.74) is 1.06. The molecule has 1 rings (SSSR count). The van der Waals surface area contributed by atoms with E-state index in [1.807, 2.05) is 49.3 Å². The predicted molar refractivity (Wildman–Crippen MR) is 145 cm³/mol. The van der Waals surface area contributed by atoms with E-state index in [1.54, 1.807) is 27.7 Å². The van der Waals surface area contributed by atoms with Gasteiger partial charge in [-0.25, -0.2) is 0 Å². The Hall–Kier alpha value is -0.270. The minimum absolute atomic E-state index is 0.124. The van der Waals surface area contributed by atoms with E-state index in [4.69, 9.17) is 29.7 Å². The van der Waals surface area contributed by atoms with Gasteiger partial charge in [-0.15, -0.1) is 11.6 Å². The summed E-state index contributed by atoms with van der Waals surface area (Å²) >= 11 is 6.34. The van der Waals surface area contributed by atoms with Crippen LogP contribution in [0.5, 0.6) is 0 Å². The van der Waals surface area contributed by atoms with Gasteiger partial charge >= 0.3 is 15.2 Å². The first kappa shape index (κ1) is 32.8. The number of nitrogens with zero attached hydrogens (tertiary/aromatic N) is 1. The van der Waals surface area contributed by atoms with Gasteiger partial charge in [0.25, 0.3) is 0 Å². The normalized spacial score (nSPS) is 13.9. The quantitative estimate of drug-likeness (QED) is 0.113. The molecule has 0 aromatic heterocycles. The molecule has 0 heterocycles. The van der Waals surface area contributed by atoms with Gasteiger partial charge in [0, 0.05) is 18.5 Å². The highest BCUT2D eigenvalue weighted by Gasteiger charge is 2.69. The molecule has 0 aliphatic rings. The summed E-state index contributed by atoms with van der Waals surface area (Å²) in [6, 6.07) is 9.36. The number of alkyl halides is 1. The Morgan fingerprint density at radius 1 is 0.943 bits per heavy atom. The molecule has 35 heavy (non-hydrogen) atoms. The van der Waals surface area contributed by atoms with Crippen molar-refractivity contribution in [2.45, 2.75) is 64.4 Å². The zero-order valence-electron chi connectivity index (χ0n) is 22.2. The van der Waals surface area contributed by atoms with E-state index < -0.39 is 26.1 Å². The van der Waals surface area contributed by atoms with Crippen molar-refractivity contribution in [2.75, 3.05) is 52.9 Å². The van der Waals surface area contributed by atoms with Crippen LogP contribution in [0.15, 0.2) is 30.3 Å². The number of rotatable bonds is 20. The van der Waals surface area contributed by atoms with Gasteiger partial charge in [-0.3, -0.25) is 14.0 Å². The number of nitrogens with one attached hydrogen (secondary N) is 1. The summed E-state index contributed by atoms with van der Waals surface area (Å²) in [6.45, 7) is 8.64. The third-order valence-electron chi connectivity index (χ3n) is 5.84. The van der Waals surface area contributed by atoms with Gasteiger partial charge in [0.1, 0.15) is 0 Å². The zero-order chi connectivity index (χ0) is 26.4. The lowest BCUT2D eigenvalue weighted by Gasteiger charge is -2.49. The van der Waals surface area contributed by atoms with E-state index in [2.05, 4.69) is 5.32 Å². The topological polar surface area (TPSA) is 86.3 Å². The molecule has 204 valence electrons. The molecule has 1 unspecified atom stereocenters. The molecule has 1 aromatic carbocycles. The monoisotopic (exact) mass is 554 g/mol. The van der Waals surface area contributed by atoms with Gasteiger partial charge in [0.2, 0.25) is 0 Å². The second kappa shape index (κ2) is 16.5. The van der Waals surface area contributed by atoms with E-state index in [-0.39, 0.29) is 38.7 Å². The smallest absolute Gasteiger partial charge is 0.320 e. The van der Waals surface area contributed by atoms with Crippen molar-refractivity contribution in [3.05, 3.63) is 35.9 Å². The highest BCUT2D eigenvalue weighted by atomic mass is 35.5. The molecule has 0 aliphatic heterocycles. The lowest BCUT2D eigenvalue weighted by atomic mass is 10.0.